The number of thiophene rings is 2. The summed E-state index contributed by atoms with van der Waals surface area (Å²) in [4.78, 5) is 25.8. The molecule has 0 fully saturated rings. The van der Waals surface area contributed by atoms with Gasteiger partial charge >= 0.3 is 5.97 Å². The Balaban J connectivity index is 1.97. The molecule has 0 spiro atoms. The predicted molar refractivity (Wildman–Crippen MR) is 123 cm³/mol. The van der Waals surface area contributed by atoms with E-state index in [1.54, 1.807) is 13.0 Å². The molecule has 2 aromatic heterocycles. The second-order valence-corrected chi connectivity index (χ2v) is 9.91. The van der Waals surface area contributed by atoms with Gasteiger partial charge < -0.3 is 10.1 Å². The van der Waals surface area contributed by atoms with Crippen LogP contribution in [0.4, 0.5) is 5.00 Å². The molecule has 2 heterocycles. The molecule has 146 valence electrons. The van der Waals surface area contributed by atoms with Crippen molar-refractivity contribution >= 4 is 71.4 Å². The maximum absolute atomic E-state index is 12.7. The van der Waals surface area contributed by atoms with Crippen LogP contribution in [0.1, 0.15) is 39.4 Å². The second kappa shape index (κ2) is 9.35. The third kappa shape index (κ3) is 4.56. The first-order valence-corrected chi connectivity index (χ1v) is 11.9. The molecule has 0 aliphatic heterocycles. The van der Waals surface area contributed by atoms with Crippen molar-refractivity contribution in [2.24, 2.45) is 0 Å². The van der Waals surface area contributed by atoms with Gasteiger partial charge in [-0.1, -0.05) is 31.2 Å². The van der Waals surface area contributed by atoms with Gasteiger partial charge in [0, 0.05) is 15.4 Å². The molecule has 0 saturated carbocycles. The van der Waals surface area contributed by atoms with Crippen molar-refractivity contribution < 1.29 is 14.3 Å². The second-order valence-electron chi connectivity index (χ2n) is 5.81. The summed E-state index contributed by atoms with van der Waals surface area (Å²) in [6.07, 6.45) is 0.946. The minimum absolute atomic E-state index is 0.265. The zero-order valence-electron chi connectivity index (χ0n) is 15.2. The van der Waals surface area contributed by atoms with E-state index in [2.05, 4.69) is 44.1 Å². The lowest BCUT2D eigenvalue weighted by atomic mass is 10.0. The van der Waals surface area contributed by atoms with E-state index >= 15 is 0 Å². The Labute approximate surface area is 188 Å². The molecule has 0 aliphatic carbocycles. The average molecular weight is 543 g/mol. The van der Waals surface area contributed by atoms with E-state index in [9.17, 15) is 9.59 Å². The van der Waals surface area contributed by atoms with Gasteiger partial charge in [-0.2, -0.15) is 0 Å². The Morgan fingerprint density at radius 2 is 1.86 bits per heavy atom. The van der Waals surface area contributed by atoms with Crippen LogP contribution < -0.4 is 5.32 Å². The molecular weight excluding hydrogens is 526 g/mol. The van der Waals surface area contributed by atoms with E-state index in [1.165, 1.54) is 28.2 Å². The van der Waals surface area contributed by atoms with Crippen LogP contribution in [-0.2, 0) is 11.2 Å². The highest BCUT2D eigenvalue weighted by molar-refractivity contribution is 9.13. The summed E-state index contributed by atoms with van der Waals surface area (Å²) in [5.41, 5.74) is 3.28. The lowest BCUT2D eigenvalue weighted by molar-refractivity contribution is 0.0529. The summed E-state index contributed by atoms with van der Waals surface area (Å²) >= 11 is 9.42. The fourth-order valence-electron chi connectivity index (χ4n) is 2.61. The van der Waals surface area contributed by atoms with Crippen LogP contribution in [0.15, 0.2) is 44.0 Å². The largest absolute Gasteiger partial charge is 0.462 e. The molecule has 1 aromatic carbocycles. The molecule has 0 radical (unpaired) electrons. The van der Waals surface area contributed by atoms with Crippen molar-refractivity contribution in [3.05, 3.63) is 60.0 Å². The van der Waals surface area contributed by atoms with Gasteiger partial charge in [0.1, 0.15) is 10.6 Å². The quantitative estimate of drug-likeness (QED) is 0.341. The third-order valence-electron chi connectivity index (χ3n) is 4.04. The Bertz CT molecular complexity index is 990. The van der Waals surface area contributed by atoms with Crippen LogP contribution in [0.25, 0.3) is 11.1 Å². The van der Waals surface area contributed by atoms with E-state index in [4.69, 9.17) is 4.74 Å². The van der Waals surface area contributed by atoms with E-state index in [1.807, 2.05) is 29.6 Å². The maximum Gasteiger partial charge on any atom is 0.341 e. The number of halogens is 2. The van der Waals surface area contributed by atoms with Gasteiger partial charge in [0.25, 0.3) is 5.91 Å². The van der Waals surface area contributed by atoms with Gasteiger partial charge in [-0.15, -0.1) is 22.7 Å². The molecule has 8 heteroatoms. The van der Waals surface area contributed by atoms with Crippen LogP contribution in [0.5, 0.6) is 0 Å². The van der Waals surface area contributed by atoms with Gasteiger partial charge in [-0.05, 0) is 62.4 Å². The molecule has 0 atom stereocenters. The number of nitrogens with one attached hydrogen (secondary N) is 1. The SMILES string of the molecule is CCOC(=O)c1c(-c2ccc(CC)cc2)csc1NC(=O)c1cc(Br)c(Br)s1. The van der Waals surface area contributed by atoms with E-state index < -0.39 is 5.97 Å². The number of carbonyl (C=O) groups excluding carboxylic acids is 2. The number of carbonyl (C=O) groups is 2. The van der Waals surface area contributed by atoms with Crippen molar-refractivity contribution in [2.45, 2.75) is 20.3 Å². The maximum atomic E-state index is 12.7. The summed E-state index contributed by atoms with van der Waals surface area (Å²) in [6, 6.07) is 9.80. The zero-order valence-corrected chi connectivity index (χ0v) is 20.0. The van der Waals surface area contributed by atoms with Gasteiger partial charge in [-0.3, -0.25) is 4.79 Å². The number of rotatable bonds is 6. The van der Waals surface area contributed by atoms with Gasteiger partial charge in [0.2, 0.25) is 0 Å². The van der Waals surface area contributed by atoms with Crippen LogP contribution in [0, 0.1) is 0 Å². The van der Waals surface area contributed by atoms with Gasteiger partial charge in [0.05, 0.1) is 15.3 Å². The molecule has 0 bridgehead atoms. The average Bonchev–Trinajstić information content (AvgIpc) is 3.25. The first-order chi connectivity index (χ1) is 13.4. The number of hydrogen-bond donors (Lipinski definition) is 1. The molecule has 0 unspecified atom stereocenters. The fourth-order valence-corrected chi connectivity index (χ4v) is 5.49. The Kier molecular flexibility index (Phi) is 7.09. The van der Waals surface area contributed by atoms with Crippen LogP contribution >= 0.6 is 54.5 Å². The molecule has 0 aliphatic rings. The van der Waals surface area contributed by atoms with Crippen molar-refractivity contribution in [3.8, 4) is 11.1 Å². The fraction of sp³-hybridized carbons (Fsp3) is 0.200. The molecule has 1 amide bonds. The zero-order chi connectivity index (χ0) is 20.3. The normalized spacial score (nSPS) is 10.7. The summed E-state index contributed by atoms with van der Waals surface area (Å²) in [5.74, 6) is -0.709. The smallest absolute Gasteiger partial charge is 0.341 e. The molecular formula is C20H17Br2NO3S2. The van der Waals surface area contributed by atoms with Crippen molar-refractivity contribution in [3.63, 3.8) is 0 Å². The van der Waals surface area contributed by atoms with Crippen LogP contribution in [0.3, 0.4) is 0 Å². The Morgan fingerprint density at radius 1 is 1.14 bits per heavy atom. The number of benzene rings is 1. The summed E-state index contributed by atoms with van der Waals surface area (Å²) in [7, 11) is 0. The lowest BCUT2D eigenvalue weighted by Gasteiger charge is -2.09. The van der Waals surface area contributed by atoms with E-state index in [0.29, 0.717) is 15.4 Å². The minimum Gasteiger partial charge on any atom is -0.462 e. The highest BCUT2D eigenvalue weighted by atomic mass is 79.9. The summed E-state index contributed by atoms with van der Waals surface area (Å²) in [6.45, 7) is 4.12. The molecule has 28 heavy (non-hydrogen) atoms. The predicted octanol–water partition coefficient (Wildman–Crippen LogP) is 6.99. The standard InChI is InChI=1S/C20H17Br2NO3S2/c1-3-11-5-7-12(8-6-11)13-10-27-19(16(13)20(25)26-4-2)23-18(24)15-9-14(21)17(22)28-15/h5-10H,3-4H2,1-2H3,(H,23,24). The molecule has 3 aromatic rings. The van der Waals surface area contributed by atoms with Crippen molar-refractivity contribution in [1.82, 2.24) is 0 Å². The molecule has 4 nitrogen and oxygen atoms in total. The number of hydrogen-bond acceptors (Lipinski definition) is 5. The van der Waals surface area contributed by atoms with Crippen LogP contribution in [0.2, 0.25) is 0 Å². The Hall–Kier alpha value is -1.48. The minimum atomic E-state index is -0.442. The third-order valence-corrected chi connectivity index (χ3v) is 8.19. The number of aryl methyl sites for hydroxylation is 1. The van der Waals surface area contributed by atoms with Crippen molar-refractivity contribution in [1.29, 1.82) is 0 Å². The highest BCUT2D eigenvalue weighted by Gasteiger charge is 2.24. The van der Waals surface area contributed by atoms with E-state index in [0.717, 1.165) is 25.8 Å². The number of amides is 1. The van der Waals surface area contributed by atoms with Crippen molar-refractivity contribution in [2.75, 3.05) is 11.9 Å². The lowest BCUT2D eigenvalue weighted by Crippen LogP contribution is -2.13. The summed E-state index contributed by atoms with van der Waals surface area (Å²) in [5, 5.41) is 5.23. The molecule has 1 N–H and O–H groups in total. The summed E-state index contributed by atoms with van der Waals surface area (Å²) < 4.78 is 6.90. The topological polar surface area (TPSA) is 55.4 Å². The monoisotopic (exact) mass is 541 g/mol. The number of esters is 1. The van der Waals surface area contributed by atoms with Gasteiger partial charge in [0.15, 0.2) is 0 Å². The van der Waals surface area contributed by atoms with Gasteiger partial charge in [-0.25, -0.2) is 4.79 Å². The first-order valence-electron chi connectivity index (χ1n) is 8.58. The Morgan fingerprint density at radius 3 is 2.43 bits per heavy atom. The molecule has 3 rings (SSSR count). The number of ether oxygens (including phenoxy) is 1. The van der Waals surface area contributed by atoms with E-state index in [-0.39, 0.29) is 12.5 Å². The first kappa shape index (κ1) is 21.2. The highest BCUT2D eigenvalue weighted by Crippen LogP contribution is 2.38. The van der Waals surface area contributed by atoms with Crippen LogP contribution in [-0.4, -0.2) is 18.5 Å². The number of anilines is 1. The molecule has 0 saturated heterocycles.